The zero-order valence-electron chi connectivity index (χ0n) is 20.8. The number of aliphatic hydroxyl groups is 6. The maximum atomic E-state index is 11.1. The van der Waals surface area contributed by atoms with Gasteiger partial charge in [-0.05, 0) is 62.7 Å². The summed E-state index contributed by atoms with van der Waals surface area (Å²) < 4.78 is 11.5. The van der Waals surface area contributed by atoms with Crippen LogP contribution in [-0.2, 0) is 9.47 Å². The van der Waals surface area contributed by atoms with Gasteiger partial charge in [0.25, 0.3) is 0 Å². The molecule has 10 atom stereocenters. The Bertz CT molecular complexity index is 738. The highest BCUT2D eigenvalue weighted by atomic mass is 16.7. The van der Waals surface area contributed by atoms with Crippen LogP contribution in [0, 0.1) is 22.7 Å². The highest BCUT2D eigenvalue weighted by Gasteiger charge is 2.58. The number of aliphatic hydroxyl groups excluding tert-OH is 6. The summed E-state index contributed by atoms with van der Waals surface area (Å²) in [5.41, 5.74) is 1.71. The molecule has 0 bridgehead atoms. The first-order chi connectivity index (χ1) is 16.0. The molecular weight excluding hydrogens is 440 g/mol. The normalized spacial score (nSPS) is 45.8. The molecule has 2 aliphatic carbocycles. The van der Waals surface area contributed by atoms with Gasteiger partial charge in [-0.15, -0.1) is 0 Å². The van der Waals surface area contributed by atoms with E-state index in [9.17, 15) is 30.6 Å². The Morgan fingerprint density at radius 1 is 1.12 bits per heavy atom. The summed E-state index contributed by atoms with van der Waals surface area (Å²) in [6, 6.07) is 0. The van der Waals surface area contributed by atoms with Crippen LogP contribution in [-0.4, -0.2) is 87.3 Å². The van der Waals surface area contributed by atoms with Gasteiger partial charge in [-0.2, -0.15) is 0 Å². The van der Waals surface area contributed by atoms with Crippen molar-refractivity contribution in [1.82, 2.24) is 0 Å². The number of fused-ring (bicyclic) bond motifs is 1. The van der Waals surface area contributed by atoms with Gasteiger partial charge in [0.1, 0.15) is 24.4 Å². The van der Waals surface area contributed by atoms with E-state index in [1.54, 1.807) is 0 Å². The van der Waals surface area contributed by atoms with Crippen molar-refractivity contribution >= 4 is 0 Å². The first-order valence-electron chi connectivity index (χ1n) is 12.5. The standard InChI is InChI=1S/C26H44O8/c1-15(10-12-27)5-7-17-16(2)6-8-19-25(17,3)11-9-20(29)26(19,4)14-33-24-23(32)22(31)21(30)18(13-28)34-24/h10,17-24,27-32H,2,5-9,11-14H2,1,3-4H3/b15-10+. The molecule has 0 aromatic heterocycles. The van der Waals surface area contributed by atoms with E-state index in [1.807, 2.05) is 19.9 Å². The van der Waals surface area contributed by atoms with Gasteiger partial charge in [-0.1, -0.05) is 37.6 Å². The van der Waals surface area contributed by atoms with Crippen molar-refractivity contribution in [2.45, 2.75) is 96.1 Å². The summed E-state index contributed by atoms with van der Waals surface area (Å²) in [6.07, 6.45) is -0.335. The highest BCUT2D eigenvalue weighted by Crippen LogP contribution is 2.62. The summed E-state index contributed by atoms with van der Waals surface area (Å²) in [5.74, 6) is 0.429. The third-order valence-electron chi connectivity index (χ3n) is 9.03. The van der Waals surface area contributed by atoms with E-state index in [4.69, 9.17) is 9.47 Å². The van der Waals surface area contributed by atoms with Crippen LogP contribution in [0.25, 0.3) is 0 Å². The zero-order chi connectivity index (χ0) is 25.3. The molecular formula is C26H44O8. The lowest BCUT2D eigenvalue weighted by Crippen LogP contribution is -2.61. The van der Waals surface area contributed by atoms with Crippen LogP contribution in [0.5, 0.6) is 0 Å². The van der Waals surface area contributed by atoms with Crippen molar-refractivity contribution in [2.75, 3.05) is 19.8 Å². The summed E-state index contributed by atoms with van der Waals surface area (Å²) in [5, 5.41) is 60.3. The highest BCUT2D eigenvalue weighted by molar-refractivity contribution is 5.18. The average molecular weight is 485 g/mol. The fourth-order valence-electron chi connectivity index (χ4n) is 6.81. The lowest BCUT2D eigenvalue weighted by atomic mass is 9.46. The summed E-state index contributed by atoms with van der Waals surface area (Å²) in [7, 11) is 0. The van der Waals surface area contributed by atoms with Gasteiger partial charge >= 0.3 is 0 Å². The summed E-state index contributed by atoms with van der Waals surface area (Å²) in [4.78, 5) is 0. The second-order valence-corrected chi connectivity index (χ2v) is 11.1. The van der Waals surface area contributed by atoms with E-state index >= 15 is 0 Å². The second kappa shape index (κ2) is 11.0. The number of allylic oxidation sites excluding steroid dienone is 2. The van der Waals surface area contributed by atoms with Gasteiger partial charge in [0.15, 0.2) is 6.29 Å². The Labute approximate surface area is 202 Å². The van der Waals surface area contributed by atoms with Crippen LogP contribution in [0.1, 0.15) is 59.3 Å². The predicted octanol–water partition coefficient (Wildman–Crippen LogP) is 1.27. The molecule has 8 heteroatoms. The molecule has 1 aliphatic heterocycles. The van der Waals surface area contributed by atoms with Crippen LogP contribution in [0.2, 0.25) is 0 Å². The third kappa shape index (κ3) is 5.15. The van der Waals surface area contributed by atoms with Gasteiger partial charge < -0.3 is 40.1 Å². The van der Waals surface area contributed by atoms with Crippen molar-refractivity contribution in [3.8, 4) is 0 Å². The molecule has 2 saturated carbocycles. The van der Waals surface area contributed by atoms with Gasteiger partial charge in [0.05, 0.1) is 25.9 Å². The minimum Gasteiger partial charge on any atom is -0.394 e. The zero-order valence-corrected chi connectivity index (χ0v) is 20.8. The lowest BCUT2D eigenvalue weighted by Gasteiger charge is -2.60. The number of rotatable bonds is 8. The molecule has 34 heavy (non-hydrogen) atoms. The maximum Gasteiger partial charge on any atom is 0.186 e. The van der Waals surface area contributed by atoms with Crippen molar-refractivity contribution in [3.63, 3.8) is 0 Å². The van der Waals surface area contributed by atoms with Gasteiger partial charge in [0, 0.05) is 5.41 Å². The average Bonchev–Trinajstić information content (AvgIpc) is 2.79. The molecule has 3 rings (SSSR count). The molecule has 3 fully saturated rings. The van der Waals surface area contributed by atoms with E-state index in [2.05, 4.69) is 13.5 Å². The van der Waals surface area contributed by atoms with E-state index in [0.29, 0.717) is 6.42 Å². The third-order valence-corrected chi connectivity index (χ3v) is 9.03. The number of ether oxygens (including phenoxy) is 2. The van der Waals surface area contributed by atoms with Crippen molar-refractivity contribution in [2.24, 2.45) is 22.7 Å². The molecule has 0 radical (unpaired) electrons. The minimum absolute atomic E-state index is 0.0386. The molecule has 0 spiro atoms. The minimum atomic E-state index is -1.50. The Balaban J connectivity index is 1.78. The summed E-state index contributed by atoms with van der Waals surface area (Å²) >= 11 is 0. The van der Waals surface area contributed by atoms with E-state index in [0.717, 1.165) is 37.7 Å². The van der Waals surface area contributed by atoms with Crippen LogP contribution in [0.15, 0.2) is 23.8 Å². The SMILES string of the molecule is C=C1CCC2C(C)(COC3OC(CO)C(O)C(O)C3O)C(O)CCC2(C)C1CC/C(C)=C/CO. The molecule has 10 unspecified atom stereocenters. The van der Waals surface area contributed by atoms with Crippen LogP contribution < -0.4 is 0 Å². The molecule has 0 aromatic carbocycles. The Morgan fingerprint density at radius 2 is 1.82 bits per heavy atom. The maximum absolute atomic E-state index is 11.1. The van der Waals surface area contributed by atoms with Crippen molar-refractivity contribution < 1.29 is 40.1 Å². The first-order valence-corrected chi connectivity index (χ1v) is 12.5. The van der Waals surface area contributed by atoms with E-state index < -0.39 is 48.8 Å². The quantitative estimate of drug-likeness (QED) is 0.283. The molecule has 0 aromatic rings. The molecule has 1 saturated heterocycles. The second-order valence-electron chi connectivity index (χ2n) is 11.1. The molecule has 6 N–H and O–H groups in total. The monoisotopic (exact) mass is 484 g/mol. The topological polar surface area (TPSA) is 140 Å². The van der Waals surface area contributed by atoms with Crippen LogP contribution in [0.3, 0.4) is 0 Å². The first kappa shape index (κ1) is 27.7. The van der Waals surface area contributed by atoms with Gasteiger partial charge in [-0.3, -0.25) is 0 Å². The lowest BCUT2D eigenvalue weighted by molar-refractivity contribution is -0.313. The summed E-state index contributed by atoms with van der Waals surface area (Å²) in [6.45, 7) is 10.4. The fraction of sp³-hybridized carbons (Fsp3) is 0.846. The number of hydrogen-bond acceptors (Lipinski definition) is 8. The molecule has 1 heterocycles. The Hall–Kier alpha value is -0.840. The smallest absolute Gasteiger partial charge is 0.186 e. The van der Waals surface area contributed by atoms with Gasteiger partial charge in [0.2, 0.25) is 0 Å². The van der Waals surface area contributed by atoms with E-state index in [1.165, 1.54) is 5.57 Å². The Kier molecular flexibility index (Phi) is 9.02. The Morgan fingerprint density at radius 3 is 2.47 bits per heavy atom. The van der Waals surface area contributed by atoms with Gasteiger partial charge in [-0.25, -0.2) is 0 Å². The van der Waals surface area contributed by atoms with Crippen LogP contribution in [0.4, 0.5) is 0 Å². The molecule has 0 amide bonds. The fourth-order valence-corrected chi connectivity index (χ4v) is 6.81. The van der Waals surface area contributed by atoms with E-state index in [-0.39, 0.29) is 30.5 Å². The predicted molar refractivity (Wildman–Crippen MR) is 127 cm³/mol. The molecule has 3 aliphatic rings. The van der Waals surface area contributed by atoms with Crippen molar-refractivity contribution in [1.29, 1.82) is 0 Å². The largest absolute Gasteiger partial charge is 0.394 e. The van der Waals surface area contributed by atoms with Crippen molar-refractivity contribution in [3.05, 3.63) is 23.8 Å². The molecule has 8 nitrogen and oxygen atoms in total. The van der Waals surface area contributed by atoms with Crippen LogP contribution >= 0.6 is 0 Å². The molecule has 196 valence electrons. The number of hydrogen-bond donors (Lipinski definition) is 6.